The van der Waals surface area contributed by atoms with Crippen molar-refractivity contribution in [3.05, 3.63) is 12.2 Å². The van der Waals surface area contributed by atoms with Gasteiger partial charge in [0.05, 0.1) is 0 Å². The van der Waals surface area contributed by atoms with Crippen LogP contribution in [-0.4, -0.2) is 27.4 Å². The molecular formula is C16H32N4. The van der Waals surface area contributed by atoms with E-state index in [1.54, 1.807) is 6.33 Å². The highest BCUT2D eigenvalue weighted by Crippen LogP contribution is 2.20. The van der Waals surface area contributed by atoms with E-state index < -0.39 is 0 Å². The average Bonchev–Trinajstić information content (AvgIpc) is 2.79. The van der Waals surface area contributed by atoms with Crippen molar-refractivity contribution < 1.29 is 0 Å². The lowest BCUT2D eigenvalue weighted by Crippen LogP contribution is -2.38. The van der Waals surface area contributed by atoms with Crippen LogP contribution in [0.4, 0.5) is 0 Å². The van der Waals surface area contributed by atoms with Crippen LogP contribution >= 0.6 is 0 Å². The molecule has 1 aromatic rings. The van der Waals surface area contributed by atoms with Gasteiger partial charge in [0.1, 0.15) is 12.2 Å². The monoisotopic (exact) mass is 280 g/mol. The molecule has 2 unspecified atom stereocenters. The molecular weight excluding hydrogens is 248 g/mol. The van der Waals surface area contributed by atoms with Crippen molar-refractivity contribution in [2.45, 2.75) is 67.0 Å². The lowest BCUT2D eigenvalue weighted by Gasteiger charge is -2.28. The standard InChI is InChI=1S/C16H32N4/c1-7-8-17-14(6)15(13(4)5)9-16-18-11-19-20(16)10-12(2)3/h11-15,17H,7-10H2,1-6H3. The van der Waals surface area contributed by atoms with Gasteiger partial charge in [-0.15, -0.1) is 0 Å². The maximum absolute atomic E-state index is 4.48. The van der Waals surface area contributed by atoms with E-state index in [0.29, 0.717) is 23.8 Å². The summed E-state index contributed by atoms with van der Waals surface area (Å²) in [5, 5.41) is 8.00. The molecule has 0 aliphatic rings. The average molecular weight is 280 g/mol. The summed E-state index contributed by atoms with van der Waals surface area (Å²) in [5.41, 5.74) is 0. The summed E-state index contributed by atoms with van der Waals surface area (Å²) >= 11 is 0. The van der Waals surface area contributed by atoms with E-state index in [-0.39, 0.29) is 0 Å². The van der Waals surface area contributed by atoms with E-state index in [0.717, 1.165) is 25.3 Å². The second-order valence-corrected chi connectivity index (χ2v) is 6.61. The quantitative estimate of drug-likeness (QED) is 0.755. The third-order valence-corrected chi connectivity index (χ3v) is 3.87. The van der Waals surface area contributed by atoms with Crippen LogP contribution in [-0.2, 0) is 13.0 Å². The maximum atomic E-state index is 4.48. The Morgan fingerprint density at radius 2 is 1.90 bits per heavy atom. The summed E-state index contributed by atoms with van der Waals surface area (Å²) in [7, 11) is 0. The first-order valence-electron chi connectivity index (χ1n) is 8.05. The molecule has 0 fully saturated rings. The SMILES string of the molecule is CCCNC(C)C(Cc1ncnn1CC(C)C)C(C)C. The van der Waals surface area contributed by atoms with Crippen LogP contribution in [0.15, 0.2) is 6.33 Å². The summed E-state index contributed by atoms with van der Waals surface area (Å²) in [5.74, 6) is 2.96. The van der Waals surface area contributed by atoms with Gasteiger partial charge in [0.15, 0.2) is 0 Å². The highest BCUT2D eigenvalue weighted by molar-refractivity contribution is 4.91. The van der Waals surface area contributed by atoms with E-state index in [1.807, 2.05) is 0 Å². The van der Waals surface area contributed by atoms with Crippen molar-refractivity contribution in [3.63, 3.8) is 0 Å². The number of hydrogen-bond donors (Lipinski definition) is 1. The van der Waals surface area contributed by atoms with E-state index >= 15 is 0 Å². The zero-order chi connectivity index (χ0) is 15.1. The van der Waals surface area contributed by atoms with Crippen molar-refractivity contribution in [3.8, 4) is 0 Å². The summed E-state index contributed by atoms with van der Waals surface area (Å²) in [6.45, 7) is 15.6. The van der Waals surface area contributed by atoms with Gasteiger partial charge in [-0.2, -0.15) is 5.10 Å². The molecule has 116 valence electrons. The van der Waals surface area contributed by atoms with E-state index in [2.05, 4.69) is 61.6 Å². The Bertz CT molecular complexity index is 370. The first-order chi connectivity index (χ1) is 9.45. The van der Waals surface area contributed by atoms with Gasteiger partial charge in [-0.1, -0.05) is 34.6 Å². The molecule has 0 saturated carbocycles. The van der Waals surface area contributed by atoms with Crippen LogP contribution in [0.25, 0.3) is 0 Å². The summed E-state index contributed by atoms with van der Waals surface area (Å²) < 4.78 is 2.08. The largest absolute Gasteiger partial charge is 0.314 e. The molecule has 2 atom stereocenters. The Labute approximate surface area is 124 Å². The zero-order valence-corrected chi connectivity index (χ0v) is 14.1. The Morgan fingerprint density at radius 1 is 1.20 bits per heavy atom. The zero-order valence-electron chi connectivity index (χ0n) is 14.1. The molecule has 0 aliphatic carbocycles. The predicted molar refractivity (Wildman–Crippen MR) is 84.6 cm³/mol. The lowest BCUT2D eigenvalue weighted by atomic mass is 9.86. The van der Waals surface area contributed by atoms with Gasteiger partial charge in [0.2, 0.25) is 0 Å². The fourth-order valence-corrected chi connectivity index (χ4v) is 2.67. The molecule has 1 heterocycles. The van der Waals surface area contributed by atoms with Crippen molar-refractivity contribution in [1.29, 1.82) is 0 Å². The third-order valence-electron chi connectivity index (χ3n) is 3.87. The Kier molecular flexibility index (Phi) is 7.20. The second-order valence-electron chi connectivity index (χ2n) is 6.61. The minimum Gasteiger partial charge on any atom is -0.314 e. The molecule has 20 heavy (non-hydrogen) atoms. The number of nitrogens with zero attached hydrogens (tertiary/aromatic N) is 3. The predicted octanol–water partition coefficient (Wildman–Crippen LogP) is 3.14. The van der Waals surface area contributed by atoms with Gasteiger partial charge in [-0.25, -0.2) is 9.67 Å². The Hall–Kier alpha value is -0.900. The van der Waals surface area contributed by atoms with Gasteiger partial charge in [-0.3, -0.25) is 0 Å². The van der Waals surface area contributed by atoms with E-state index in [9.17, 15) is 0 Å². The Morgan fingerprint density at radius 3 is 2.45 bits per heavy atom. The summed E-state index contributed by atoms with van der Waals surface area (Å²) in [6.07, 6.45) is 3.88. The minimum atomic E-state index is 0.513. The van der Waals surface area contributed by atoms with Gasteiger partial charge < -0.3 is 5.32 Å². The van der Waals surface area contributed by atoms with E-state index in [4.69, 9.17) is 0 Å². The number of hydrogen-bond acceptors (Lipinski definition) is 3. The van der Waals surface area contributed by atoms with Crippen molar-refractivity contribution >= 4 is 0 Å². The molecule has 0 radical (unpaired) electrons. The second kappa shape index (κ2) is 8.40. The summed E-state index contributed by atoms with van der Waals surface area (Å²) in [6, 6.07) is 0.513. The highest BCUT2D eigenvalue weighted by Gasteiger charge is 2.23. The summed E-state index contributed by atoms with van der Waals surface area (Å²) in [4.78, 5) is 4.48. The lowest BCUT2D eigenvalue weighted by molar-refractivity contribution is 0.279. The van der Waals surface area contributed by atoms with Crippen LogP contribution in [0, 0.1) is 17.8 Å². The molecule has 0 amide bonds. The first-order valence-corrected chi connectivity index (χ1v) is 8.05. The smallest absolute Gasteiger partial charge is 0.138 e. The molecule has 1 aromatic heterocycles. The third kappa shape index (κ3) is 5.23. The molecule has 4 heteroatoms. The number of nitrogens with one attached hydrogen (secondary N) is 1. The fraction of sp³-hybridized carbons (Fsp3) is 0.875. The molecule has 1 N–H and O–H groups in total. The van der Waals surface area contributed by atoms with Crippen LogP contribution in [0.1, 0.15) is 53.8 Å². The number of aromatic nitrogens is 3. The van der Waals surface area contributed by atoms with Crippen molar-refractivity contribution in [2.75, 3.05) is 6.54 Å². The van der Waals surface area contributed by atoms with Crippen molar-refractivity contribution in [1.82, 2.24) is 20.1 Å². The molecule has 0 saturated heterocycles. The van der Waals surface area contributed by atoms with Gasteiger partial charge in [0.25, 0.3) is 0 Å². The van der Waals surface area contributed by atoms with Crippen LogP contribution in [0.5, 0.6) is 0 Å². The van der Waals surface area contributed by atoms with Crippen LogP contribution in [0.2, 0.25) is 0 Å². The molecule has 0 bridgehead atoms. The number of rotatable bonds is 9. The fourth-order valence-electron chi connectivity index (χ4n) is 2.67. The molecule has 0 spiro atoms. The van der Waals surface area contributed by atoms with Crippen LogP contribution < -0.4 is 5.32 Å². The minimum absolute atomic E-state index is 0.513. The Balaban J connectivity index is 2.72. The van der Waals surface area contributed by atoms with Gasteiger partial charge in [-0.05, 0) is 37.6 Å². The maximum Gasteiger partial charge on any atom is 0.138 e. The van der Waals surface area contributed by atoms with Gasteiger partial charge in [0, 0.05) is 19.0 Å². The normalized spacial score (nSPS) is 15.0. The molecule has 0 aromatic carbocycles. The molecule has 1 rings (SSSR count). The topological polar surface area (TPSA) is 42.7 Å². The highest BCUT2D eigenvalue weighted by atomic mass is 15.3. The van der Waals surface area contributed by atoms with Gasteiger partial charge >= 0.3 is 0 Å². The molecule has 4 nitrogen and oxygen atoms in total. The van der Waals surface area contributed by atoms with Crippen molar-refractivity contribution in [2.24, 2.45) is 17.8 Å². The molecule has 0 aliphatic heterocycles. The van der Waals surface area contributed by atoms with E-state index in [1.165, 1.54) is 6.42 Å². The van der Waals surface area contributed by atoms with Crippen LogP contribution in [0.3, 0.4) is 0 Å². The first kappa shape index (κ1) is 17.2.